The Kier molecular flexibility index (Phi) is 14.4. The first-order chi connectivity index (χ1) is 30.1. The molecular formula is C49H55FN6O6. The molecule has 4 aromatic rings. The van der Waals surface area contributed by atoms with Gasteiger partial charge in [0.2, 0.25) is 23.6 Å². The second-order valence-electron chi connectivity index (χ2n) is 16.7. The van der Waals surface area contributed by atoms with Crippen molar-refractivity contribution in [1.29, 1.82) is 0 Å². The number of nitrogens with one attached hydrogen (secondary N) is 5. The topological polar surface area (TPSA) is 166 Å². The number of amides is 6. The molecule has 1 heterocycles. The quantitative estimate of drug-likeness (QED) is 0.0834. The third kappa shape index (κ3) is 11.5. The van der Waals surface area contributed by atoms with Crippen LogP contribution in [0.4, 0.5) is 4.39 Å². The highest BCUT2D eigenvalue weighted by atomic mass is 19.1. The summed E-state index contributed by atoms with van der Waals surface area (Å²) in [5, 5.41) is 14.6. The van der Waals surface area contributed by atoms with Crippen molar-refractivity contribution in [3.63, 3.8) is 0 Å². The molecular weight excluding hydrogens is 788 g/mol. The van der Waals surface area contributed by atoms with E-state index in [0.29, 0.717) is 12.1 Å². The first kappa shape index (κ1) is 43.7. The maximum Gasteiger partial charge on any atom is 0.253 e. The van der Waals surface area contributed by atoms with Crippen molar-refractivity contribution < 1.29 is 33.2 Å². The second kappa shape index (κ2) is 20.5. The molecule has 3 fully saturated rings. The predicted molar refractivity (Wildman–Crippen MR) is 232 cm³/mol. The SMILES string of the molecule is CCCCCCNC(=O)[C@H](CNC(=O)c1ccc(C(=O)N2C[C@@H](C(=O)N[C@H]3C[C@@H]3c3ccccc3)[C@H](C(=O)N[C@H]3C[C@@H]3c3ccccc3)C2)cc1)NC(=O)Cc1ccc(F)cc1. The Hall–Kier alpha value is -6.37. The highest BCUT2D eigenvalue weighted by Crippen LogP contribution is 2.42. The lowest BCUT2D eigenvalue weighted by atomic mass is 9.94. The lowest BCUT2D eigenvalue weighted by Crippen LogP contribution is -2.53. The van der Waals surface area contributed by atoms with Crippen LogP contribution in [0.25, 0.3) is 0 Å². The Labute approximate surface area is 361 Å². The number of unbranched alkanes of at least 4 members (excludes halogenated alkanes) is 3. The van der Waals surface area contributed by atoms with Crippen LogP contribution in [0.2, 0.25) is 0 Å². The highest BCUT2D eigenvalue weighted by molar-refractivity contribution is 5.99. The molecule has 1 saturated heterocycles. The van der Waals surface area contributed by atoms with Gasteiger partial charge in [0.15, 0.2) is 0 Å². The largest absolute Gasteiger partial charge is 0.354 e. The van der Waals surface area contributed by atoms with E-state index in [2.05, 4.69) is 33.5 Å². The van der Waals surface area contributed by atoms with E-state index in [1.54, 1.807) is 0 Å². The van der Waals surface area contributed by atoms with Gasteiger partial charge in [-0.3, -0.25) is 28.8 Å². The normalized spacial score (nSPS) is 21.5. The van der Waals surface area contributed by atoms with Gasteiger partial charge in [0.05, 0.1) is 18.3 Å². The van der Waals surface area contributed by atoms with E-state index in [9.17, 15) is 33.2 Å². The van der Waals surface area contributed by atoms with E-state index in [1.165, 1.54) is 53.4 Å². The maximum atomic E-state index is 14.0. The van der Waals surface area contributed by atoms with Crippen LogP contribution in [0.5, 0.6) is 0 Å². The van der Waals surface area contributed by atoms with Gasteiger partial charge < -0.3 is 31.5 Å². The Morgan fingerprint density at radius 3 is 1.76 bits per heavy atom. The van der Waals surface area contributed by atoms with Crippen molar-refractivity contribution in [1.82, 2.24) is 31.5 Å². The molecule has 2 saturated carbocycles. The molecule has 62 heavy (non-hydrogen) atoms. The monoisotopic (exact) mass is 842 g/mol. The fraction of sp³-hybridized carbons (Fsp3) is 0.388. The van der Waals surface area contributed by atoms with E-state index in [1.807, 2.05) is 60.7 Å². The first-order valence-corrected chi connectivity index (χ1v) is 21.8. The average molecular weight is 843 g/mol. The van der Waals surface area contributed by atoms with Crippen LogP contribution in [-0.4, -0.2) is 84.6 Å². The molecule has 1 aliphatic heterocycles. The van der Waals surface area contributed by atoms with Gasteiger partial charge in [-0.25, -0.2) is 4.39 Å². The number of rotatable bonds is 19. The van der Waals surface area contributed by atoms with E-state index < -0.39 is 41.4 Å². The summed E-state index contributed by atoms with van der Waals surface area (Å²) in [6.45, 7) is 2.44. The van der Waals surface area contributed by atoms with E-state index in [4.69, 9.17) is 0 Å². The molecule has 6 amide bonds. The zero-order valence-electron chi connectivity index (χ0n) is 35.0. The van der Waals surface area contributed by atoms with E-state index in [0.717, 1.165) is 49.7 Å². The Morgan fingerprint density at radius 2 is 1.21 bits per heavy atom. The van der Waals surface area contributed by atoms with Gasteiger partial charge >= 0.3 is 0 Å². The van der Waals surface area contributed by atoms with Crippen LogP contribution in [-0.2, 0) is 25.6 Å². The number of carbonyl (C=O) groups is 6. The van der Waals surface area contributed by atoms with Crippen LogP contribution in [0.3, 0.4) is 0 Å². The third-order valence-corrected chi connectivity index (χ3v) is 12.1. The summed E-state index contributed by atoms with van der Waals surface area (Å²) in [6.07, 6.45) is 5.34. The standard InChI is InChI=1S/C49H55FN6O6/c1-2-3-4-11-24-51-48(61)43(53-44(57)25-31-16-22-36(50)23-17-31)28-52-45(58)34-18-20-35(21-19-34)49(62)56-29-39(46(59)54-41-26-37(41)32-12-7-5-8-13-32)40(30-56)47(60)55-42-27-38(42)33-14-9-6-10-15-33/h5-10,12-23,37-43H,2-4,11,24-30H2,1H3,(H,51,61)(H,52,58)(H,53,57)(H,54,59)(H,55,60)/t37-,38-,39-,40-,41+,42+,43+/m1/s1. The Balaban J connectivity index is 0.970. The van der Waals surface area contributed by atoms with Crippen molar-refractivity contribution in [3.05, 3.63) is 143 Å². The highest BCUT2D eigenvalue weighted by Gasteiger charge is 2.49. The molecule has 7 atom stereocenters. The summed E-state index contributed by atoms with van der Waals surface area (Å²) in [6, 6.07) is 30.4. The van der Waals surface area contributed by atoms with Gasteiger partial charge in [0, 0.05) is 61.2 Å². The fourth-order valence-corrected chi connectivity index (χ4v) is 8.30. The fourth-order valence-electron chi connectivity index (χ4n) is 8.30. The molecule has 5 N–H and O–H groups in total. The molecule has 13 heteroatoms. The summed E-state index contributed by atoms with van der Waals surface area (Å²) in [5.74, 6) is -3.80. The van der Waals surface area contributed by atoms with Crippen molar-refractivity contribution in [2.75, 3.05) is 26.2 Å². The van der Waals surface area contributed by atoms with E-state index >= 15 is 0 Å². The minimum absolute atomic E-state index is 0.0409. The first-order valence-electron chi connectivity index (χ1n) is 21.8. The van der Waals surface area contributed by atoms with Crippen LogP contribution in [0.1, 0.15) is 94.7 Å². The molecule has 0 radical (unpaired) electrons. The number of nitrogens with zero attached hydrogens (tertiary/aromatic N) is 1. The zero-order valence-corrected chi connectivity index (χ0v) is 35.0. The summed E-state index contributed by atoms with van der Waals surface area (Å²) < 4.78 is 13.4. The number of hydrogen-bond donors (Lipinski definition) is 5. The van der Waals surface area contributed by atoms with Gasteiger partial charge in [0.25, 0.3) is 11.8 Å². The lowest BCUT2D eigenvalue weighted by molar-refractivity contribution is -0.133. The number of benzene rings is 4. The van der Waals surface area contributed by atoms with Crippen LogP contribution in [0, 0.1) is 17.7 Å². The Morgan fingerprint density at radius 1 is 0.661 bits per heavy atom. The summed E-state index contributed by atoms with van der Waals surface area (Å²) in [4.78, 5) is 82.6. The molecule has 324 valence electrons. The number of likely N-dealkylation sites (tertiary alicyclic amines) is 1. The van der Waals surface area contributed by atoms with Gasteiger partial charge in [-0.1, -0.05) is 99.0 Å². The van der Waals surface area contributed by atoms with Gasteiger partial charge in [0.1, 0.15) is 11.9 Å². The Bertz CT molecular complexity index is 2130. The minimum Gasteiger partial charge on any atom is -0.354 e. The number of hydrogen-bond acceptors (Lipinski definition) is 6. The molecule has 4 aromatic carbocycles. The van der Waals surface area contributed by atoms with Gasteiger partial charge in [-0.2, -0.15) is 0 Å². The predicted octanol–water partition coefficient (Wildman–Crippen LogP) is 5.01. The van der Waals surface area contributed by atoms with Crippen molar-refractivity contribution >= 4 is 35.4 Å². The third-order valence-electron chi connectivity index (χ3n) is 12.1. The smallest absolute Gasteiger partial charge is 0.253 e. The van der Waals surface area contributed by atoms with E-state index in [-0.39, 0.29) is 78.8 Å². The second-order valence-corrected chi connectivity index (χ2v) is 16.7. The molecule has 0 aromatic heterocycles. The summed E-state index contributed by atoms with van der Waals surface area (Å²) in [5.41, 5.74) is 3.38. The summed E-state index contributed by atoms with van der Waals surface area (Å²) >= 11 is 0. The van der Waals surface area contributed by atoms with Gasteiger partial charge in [-0.15, -0.1) is 0 Å². The van der Waals surface area contributed by atoms with Crippen molar-refractivity contribution in [2.24, 2.45) is 11.8 Å². The molecule has 12 nitrogen and oxygen atoms in total. The average Bonchev–Trinajstić information content (AvgIpc) is 4.20. The van der Waals surface area contributed by atoms with Crippen LogP contribution in [0.15, 0.2) is 109 Å². The minimum atomic E-state index is -1.07. The van der Waals surface area contributed by atoms with Crippen molar-refractivity contribution in [3.8, 4) is 0 Å². The molecule has 3 aliphatic rings. The molecule has 0 unspecified atom stereocenters. The zero-order chi connectivity index (χ0) is 43.6. The van der Waals surface area contributed by atoms with Gasteiger partial charge in [-0.05, 0) is 72.4 Å². The van der Waals surface area contributed by atoms with Crippen molar-refractivity contribution in [2.45, 2.75) is 81.8 Å². The number of halogens is 1. The summed E-state index contributed by atoms with van der Waals surface area (Å²) in [7, 11) is 0. The molecule has 0 bridgehead atoms. The molecule has 7 rings (SSSR count). The number of carbonyl (C=O) groups excluding carboxylic acids is 6. The maximum absolute atomic E-state index is 14.0. The molecule has 0 spiro atoms. The lowest BCUT2D eigenvalue weighted by Gasteiger charge is -2.19. The van der Waals surface area contributed by atoms with Crippen LogP contribution < -0.4 is 26.6 Å². The van der Waals surface area contributed by atoms with Crippen LogP contribution >= 0.6 is 0 Å². The molecule has 2 aliphatic carbocycles.